The number of carbonyl (C=O) groups is 1. The quantitative estimate of drug-likeness (QED) is 0.665. The standard InChI is InChI=1S/C24H27N3O3/c1-15-11-16(2)18-14-19(23(26-20(18)12-15)27-9-5-6-10-27)24(28)25-17-7-8-21(29-3)22(13-17)30-4/h7-8,11-14H,5-6,9-10H2,1-4H3,(H,25,28). The van der Waals surface area contributed by atoms with Gasteiger partial charge in [0.25, 0.3) is 5.91 Å². The fourth-order valence-corrected chi connectivity index (χ4v) is 4.07. The van der Waals surface area contributed by atoms with Crippen molar-refractivity contribution < 1.29 is 14.3 Å². The molecule has 0 aliphatic carbocycles. The highest BCUT2D eigenvalue weighted by Crippen LogP contribution is 2.32. The molecule has 1 aliphatic rings. The number of rotatable bonds is 5. The summed E-state index contributed by atoms with van der Waals surface area (Å²) in [5.74, 6) is 1.76. The second-order valence-electron chi connectivity index (χ2n) is 7.73. The SMILES string of the molecule is COc1ccc(NC(=O)c2cc3c(C)cc(C)cc3nc2N2CCCC2)cc1OC. The Morgan fingerprint density at radius 1 is 1.00 bits per heavy atom. The summed E-state index contributed by atoms with van der Waals surface area (Å²) in [6.45, 7) is 5.96. The summed E-state index contributed by atoms with van der Waals surface area (Å²) in [7, 11) is 3.16. The van der Waals surface area contributed by atoms with Crippen molar-refractivity contribution in [3.8, 4) is 11.5 Å². The number of fused-ring (bicyclic) bond motifs is 1. The maximum atomic E-state index is 13.3. The molecule has 2 heterocycles. The van der Waals surface area contributed by atoms with E-state index in [0.717, 1.165) is 48.2 Å². The average molecular weight is 405 g/mol. The van der Waals surface area contributed by atoms with Crippen LogP contribution >= 0.6 is 0 Å². The highest BCUT2D eigenvalue weighted by molar-refractivity contribution is 6.10. The number of anilines is 2. The van der Waals surface area contributed by atoms with Gasteiger partial charge in [-0.2, -0.15) is 0 Å². The molecule has 0 bridgehead atoms. The van der Waals surface area contributed by atoms with Crippen LogP contribution < -0.4 is 19.7 Å². The summed E-state index contributed by atoms with van der Waals surface area (Å²) in [6.07, 6.45) is 2.23. The monoisotopic (exact) mass is 405 g/mol. The van der Waals surface area contributed by atoms with E-state index in [4.69, 9.17) is 14.5 Å². The minimum Gasteiger partial charge on any atom is -0.493 e. The van der Waals surface area contributed by atoms with E-state index in [2.05, 4.69) is 36.2 Å². The Bertz CT molecular complexity index is 1100. The molecule has 156 valence electrons. The summed E-state index contributed by atoms with van der Waals surface area (Å²) >= 11 is 0. The van der Waals surface area contributed by atoms with Crippen LogP contribution in [0.15, 0.2) is 36.4 Å². The van der Waals surface area contributed by atoms with Crippen molar-refractivity contribution in [3.05, 3.63) is 53.1 Å². The summed E-state index contributed by atoms with van der Waals surface area (Å²) in [5, 5.41) is 4.00. The van der Waals surface area contributed by atoms with Crippen LogP contribution in [0.2, 0.25) is 0 Å². The van der Waals surface area contributed by atoms with Crippen molar-refractivity contribution >= 4 is 28.3 Å². The Balaban J connectivity index is 1.76. The van der Waals surface area contributed by atoms with Crippen molar-refractivity contribution in [1.82, 2.24) is 4.98 Å². The van der Waals surface area contributed by atoms with Crippen LogP contribution in [0.5, 0.6) is 11.5 Å². The Labute approximate surface area is 176 Å². The zero-order valence-corrected chi connectivity index (χ0v) is 17.9. The van der Waals surface area contributed by atoms with Gasteiger partial charge in [-0.1, -0.05) is 6.07 Å². The van der Waals surface area contributed by atoms with Gasteiger partial charge in [0, 0.05) is 30.2 Å². The predicted octanol–water partition coefficient (Wildman–Crippen LogP) is 4.72. The Morgan fingerprint density at radius 2 is 1.73 bits per heavy atom. The maximum Gasteiger partial charge on any atom is 0.259 e. The first-order chi connectivity index (χ1) is 14.5. The molecule has 0 saturated carbocycles. The second-order valence-corrected chi connectivity index (χ2v) is 7.73. The van der Waals surface area contributed by atoms with Gasteiger partial charge in [-0.3, -0.25) is 4.79 Å². The molecular formula is C24H27N3O3. The first kappa shape index (κ1) is 20.0. The lowest BCUT2D eigenvalue weighted by Gasteiger charge is -2.21. The Kier molecular flexibility index (Phi) is 5.48. The number of carbonyl (C=O) groups excluding carboxylic acids is 1. The van der Waals surface area contributed by atoms with Crippen molar-refractivity contribution in [1.29, 1.82) is 0 Å². The number of ether oxygens (including phenoxy) is 2. The molecule has 0 atom stereocenters. The molecule has 1 N–H and O–H groups in total. The fourth-order valence-electron chi connectivity index (χ4n) is 4.07. The number of nitrogens with zero attached hydrogens (tertiary/aromatic N) is 2. The van der Waals surface area contributed by atoms with Gasteiger partial charge in [-0.05, 0) is 62.1 Å². The predicted molar refractivity (Wildman–Crippen MR) is 120 cm³/mol. The fraction of sp³-hybridized carbons (Fsp3) is 0.333. The van der Waals surface area contributed by atoms with Crippen LogP contribution in [0.4, 0.5) is 11.5 Å². The van der Waals surface area contributed by atoms with Crippen LogP contribution in [0, 0.1) is 13.8 Å². The van der Waals surface area contributed by atoms with E-state index in [-0.39, 0.29) is 5.91 Å². The van der Waals surface area contributed by atoms with E-state index >= 15 is 0 Å². The zero-order chi connectivity index (χ0) is 21.3. The first-order valence-corrected chi connectivity index (χ1v) is 10.2. The third kappa shape index (κ3) is 3.77. The number of aryl methyl sites for hydroxylation is 2. The van der Waals surface area contributed by atoms with E-state index in [1.54, 1.807) is 32.4 Å². The van der Waals surface area contributed by atoms with Crippen molar-refractivity contribution in [2.45, 2.75) is 26.7 Å². The highest BCUT2D eigenvalue weighted by atomic mass is 16.5. The van der Waals surface area contributed by atoms with Gasteiger partial charge in [0.05, 0.1) is 25.3 Å². The lowest BCUT2D eigenvalue weighted by Crippen LogP contribution is -2.24. The minimum atomic E-state index is -0.182. The first-order valence-electron chi connectivity index (χ1n) is 10.2. The zero-order valence-electron chi connectivity index (χ0n) is 17.9. The molecule has 1 fully saturated rings. The van der Waals surface area contributed by atoms with E-state index in [0.29, 0.717) is 22.7 Å². The minimum absolute atomic E-state index is 0.182. The van der Waals surface area contributed by atoms with Crippen molar-refractivity contribution in [3.63, 3.8) is 0 Å². The van der Waals surface area contributed by atoms with Gasteiger partial charge < -0.3 is 19.7 Å². The molecule has 3 aromatic rings. The third-order valence-electron chi connectivity index (χ3n) is 5.56. The summed E-state index contributed by atoms with van der Waals surface area (Å²) < 4.78 is 10.6. The number of benzene rings is 2. The lowest BCUT2D eigenvalue weighted by atomic mass is 10.0. The topological polar surface area (TPSA) is 63.7 Å². The molecule has 1 aliphatic heterocycles. The van der Waals surface area contributed by atoms with E-state index in [9.17, 15) is 4.79 Å². The molecule has 1 saturated heterocycles. The highest BCUT2D eigenvalue weighted by Gasteiger charge is 2.23. The molecule has 0 radical (unpaired) electrons. The number of nitrogens with one attached hydrogen (secondary N) is 1. The molecule has 6 heteroatoms. The number of hydrogen-bond donors (Lipinski definition) is 1. The second kappa shape index (κ2) is 8.22. The van der Waals surface area contributed by atoms with Crippen molar-refractivity contribution in [2.75, 3.05) is 37.5 Å². The number of hydrogen-bond acceptors (Lipinski definition) is 5. The molecule has 6 nitrogen and oxygen atoms in total. The van der Waals surface area contributed by atoms with Crippen LogP contribution in [0.3, 0.4) is 0 Å². The summed E-state index contributed by atoms with van der Waals surface area (Å²) in [4.78, 5) is 20.4. The number of methoxy groups -OCH3 is 2. The van der Waals surface area contributed by atoms with Gasteiger partial charge in [0.1, 0.15) is 5.82 Å². The summed E-state index contributed by atoms with van der Waals surface area (Å²) in [6, 6.07) is 11.5. The normalized spacial score (nSPS) is 13.5. The molecule has 2 aromatic carbocycles. The maximum absolute atomic E-state index is 13.3. The average Bonchev–Trinajstić information content (AvgIpc) is 3.27. The van der Waals surface area contributed by atoms with E-state index in [1.807, 2.05) is 6.07 Å². The van der Waals surface area contributed by atoms with Crippen LogP contribution in [0.25, 0.3) is 10.9 Å². The van der Waals surface area contributed by atoms with Crippen molar-refractivity contribution in [2.24, 2.45) is 0 Å². The third-order valence-corrected chi connectivity index (χ3v) is 5.56. The largest absolute Gasteiger partial charge is 0.493 e. The van der Waals surface area contributed by atoms with Gasteiger partial charge in [0.15, 0.2) is 11.5 Å². The molecule has 0 unspecified atom stereocenters. The molecule has 4 rings (SSSR count). The molecular weight excluding hydrogens is 378 g/mol. The van der Waals surface area contributed by atoms with E-state index < -0.39 is 0 Å². The number of pyridine rings is 1. The molecule has 30 heavy (non-hydrogen) atoms. The smallest absolute Gasteiger partial charge is 0.259 e. The Morgan fingerprint density at radius 3 is 2.43 bits per heavy atom. The number of amides is 1. The lowest BCUT2D eigenvalue weighted by molar-refractivity contribution is 0.102. The summed E-state index contributed by atoms with van der Waals surface area (Å²) in [5.41, 5.74) is 4.45. The van der Waals surface area contributed by atoms with Crippen LogP contribution in [0.1, 0.15) is 34.3 Å². The van der Waals surface area contributed by atoms with Crippen LogP contribution in [-0.2, 0) is 0 Å². The molecule has 1 amide bonds. The van der Waals surface area contributed by atoms with Gasteiger partial charge in [0.2, 0.25) is 0 Å². The van der Waals surface area contributed by atoms with E-state index in [1.165, 1.54) is 5.56 Å². The molecule has 1 aromatic heterocycles. The van der Waals surface area contributed by atoms with Gasteiger partial charge in [-0.15, -0.1) is 0 Å². The molecule has 0 spiro atoms. The number of aromatic nitrogens is 1. The van der Waals surface area contributed by atoms with Crippen LogP contribution in [-0.4, -0.2) is 38.2 Å². The van der Waals surface area contributed by atoms with Gasteiger partial charge >= 0.3 is 0 Å². The van der Waals surface area contributed by atoms with Gasteiger partial charge in [-0.25, -0.2) is 4.98 Å². The Hall–Kier alpha value is -3.28.